The first kappa shape index (κ1) is 10.7. The standard InChI is InChI=1S/C12H24OSi/c1-11-7-6-10-14(2,13-11)12-8-4-3-5-9-12/h11-12H,3-10H2,1-2H3. The molecule has 0 spiro atoms. The van der Waals surface area contributed by atoms with E-state index in [0.29, 0.717) is 6.10 Å². The lowest BCUT2D eigenvalue weighted by Gasteiger charge is -2.42. The van der Waals surface area contributed by atoms with Crippen LogP contribution in [-0.2, 0) is 4.43 Å². The van der Waals surface area contributed by atoms with Crippen molar-refractivity contribution in [1.29, 1.82) is 0 Å². The second-order valence-corrected chi connectivity index (χ2v) is 9.65. The lowest BCUT2D eigenvalue weighted by molar-refractivity contribution is 0.166. The van der Waals surface area contributed by atoms with Crippen LogP contribution in [0, 0.1) is 0 Å². The highest BCUT2D eigenvalue weighted by Crippen LogP contribution is 2.43. The van der Waals surface area contributed by atoms with Gasteiger partial charge in [-0.05, 0) is 31.5 Å². The molecule has 0 aromatic rings. The first-order chi connectivity index (χ1) is 6.71. The summed E-state index contributed by atoms with van der Waals surface area (Å²) in [4.78, 5) is 0. The third kappa shape index (κ3) is 2.22. The van der Waals surface area contributed by atoms with Crippen LogP contribution >= 0.6 is 0 Å². The topological polar surface area (TPSA) is 9.23 Å². The molecule has 2 aliphatic rings. The maximum absolute atomic E-state index is 6.35. The Kier molecular flexibility index (Phi) is 3.33. The SMILES string of the molecule is CC1CCC[Si](C)(C2CCCCC2)O1. The van der Waals surface area contributed by atoms with Crippen molar-refractivity contribution < 1.29 is 4.43 Å². The fraction of sp³-hybridized carbons (Fsp3) is 1.00. The summed E-state index contributed by atoms with van der Waals surface area (Å²) < 4.78 is 6.35. The van der Waals surface area contributed by atoms with Gasteiger partial charge in [-0.25, -0.2) is 0 Å². The molecule has 14 heavy (non-hydrogen) atoms. The zero-order valence-electron chi connectivity index (χ0n) is 9.72. The third-order valence-electron chi connectivity index (χ3n) is 4.22. The van der Waals surface area contributed by atoms with E-state index in [9.17, 15) is 0 Å². The highest BCUT2D eigenvalue weighted by Gasteiger charge is 2.41. The molecule has 1 aliphatic carbocycles. The van der Waals surface area contributed by atoms with Gasteiger partial charge in [0, 0.05) is 6.10 Å². The van der Waals surface area contributed by atoms with E-state index in [1.165, 1.54) is 51.0 Å². The molecule has 1 saturated heterocycles. The Morgan fingerprint density at radius 2 is 1.71 bits per heavy atom. The Hall–Kier alpha value is 0.177. The van der Waals surface area contributed by atoms with Gasteiger partial charge in [0.25, 0.3) is 0 Å². The van der Waals surface area contributed by atoms with Gasteiger partial charge in [-0.3, -0.25) is 0 Å². The molecule has 0 N–H and O–H groups in total. The highest BCUT2D eigenvalue weighted by atomic mass is 28.4. The van der Waals surface area contributed by atoms with E-state index in [2.05, 4.69) is 13.5 Å². The maximum atomic E-state index is 6.35. The maximum Gasteiger partial charge on any atom is 0.193 e. The second kappa shape index (κ2) is 4.36. The van der Waals surface area contributed by atoms with Gasteiger partial charge in [-0.2, -0.15) is 0 Å². The lowest BCUT2D eigenvalue weighted by Crippen LogP contribution is -2.46. The molecule has 1 heterocycles. The largest absolute Gasteiger partial charge is 0.414 e. The van der Waals surface area contributed by atoms with Crippen LogP contribution in [0.25, 0.3) is 0 Å². The Labute approximate surface area is 89.4 Å². The molecule has 1 aliphatic heterocycles. The summed E-state index contributed by atoms with van der Waals surface area (Å²) in [5, 5.41) is 0. The van der Waals surface area contributed by atoms with Crippen LogP contribution in [-0.4, -0.2) is 14.4 Å². The van der Waals surface area contributed by atoms with Crippen molar-refractivity contribution in [3.8, 4) is 0 Å². The van der Waals surface area contributed by atoms with Crippen LogP contribution in [0.1, 0.15) is 51.9 Å². The molecular weight excluding hydrogens is 188 g/mol. The number of hydrogen-bond acceptors (Lipinski definition) is 1. The molecule has 0 aromatic heterocycles. The Balaban J connectivity index is 1.98. The van der Waals surface area contributed by atoms with E-state index in [-0.39, 0.29) is 0 Å². The van der Waals surface area contributed by atoms with Crippen LogP contribution in [0.5, 0.6) is 0 Å². The van der Waals surface area contributed by atoms with Crippen molar-refractivity contribution in [3.05, 3.63) is 0 Å². The molecule has 2 heteroatoms. The fourth-order valence-electron chi connectivity index (χ4n) is 3.33. The van der Waals surface area contributed by atoms with Gasteiger partial charge < -0.3 is 4.43 Å². The van der Waals surface area contributed by atoms with E-state index < -0.39 is 8.32 Å². The minimum Gasteiger partial charge on any atom is -0.414 e. The molecule has 2 fully saturated rings. The Morgan fingerprint density at radius 3 is 2.36 bits per heavy atom. The van der Waals surface area contributed by atoms with E-state index in [1.54, 1.807) is 0 Å². The van der Waals surface area contributed by atoms with Crippen molar-refractivity contribution in [2.75, 3.05) is 0 Å². The average molecular weight is 212 g/mol. The third-order valence-corrected chi connectivity index (χ3v) is 8.81. The fourth-order valence-corrected chi connectivity index (χ4v) is 7.62. The van der Waals surface area contributed by atoms with Gasteiger partial charge in [0.05, 0.1) is 0 Å². The van der Waals surface area contributed by atoms with Crippen molar-refractivity contribution in [1.82, 2.24) is 0 Å². The quantitative estimate of drug-likeness (QED) is 0.595. The molecule has 0 amide bonds. The van der Waals surface area contributed by atoms with Crippen LogP contribution in [0.3, 0.4) is 0 Å². The second-order valence-electron chi connectivity index (χ2n) is 5.47. The summed E-state index contributed by atoms with van der Waals surface area (Å²) in [7, 11) is -1.30. The van der Waals surface area contributed by atoms with Crippen LogP contribution in [0.15, 0.2) is 0 Å². The van der Waals surface area contributed by atoms with Gasteiger partial charge in [-0.1, -0.05) is 38.5 Å². The predicted molar refractivity (Wildman–Crippen MR) is 63.0 cm³/mol. The minimum atomic E-state index is -1.30. The van der Waals surface area contributed by atoms with Crippen molar-refractivity contribution in [2.24, 2.45) is 0 Å². The molecule has 2 atom stereocenters. The average Bonchev–Trinajstić information content (AvgIpc) is 2.19. The van der Waals surface area contributed by atoms with Gasteiger partial charge in [0.1, 0.15) is 0 Å². The zero-order valence-corrected chi connectivity index (χ0v) is 10.7. The minimum absolute atomic E-state index is 0.558. The molecule has 0 aromatic carbocycles. The smallest absolute Gasteiger partial charge is 0.193 e. The van der Waals surface area contributed by atoms with Gasteiger partial charge in [-0.15, -0.1) is 0 Å². The molecule has 0 radical (unpaired) electrons. The molecule has 2 unspecified atom stereocenters. The monoisotopic (exact) mass is 212 g/mol. The predicted octanol–water partition coefficient (Wildman–Crippen LogP) is 4.09. The normalized spacial score (nSPS) is 41.1. The van der Waals surface area contributed by atoms with E-state index in [0.717, 1.165) is 5.54 Å². The van der Waals surface area contributed by atoms with Gasteiger partial charge in [0.15, 0.2) is 8.32 Å². The summed E-state index contributed by atoms with van der Waals surface area (Å²) >= 11 is 0. The molecule has 1 saturated carbocycles. The number of hydrogen-bond donors (Lipinski definition) is 0. The van der Waals surface area contributed by atoms with Crippen molar-refractivity contribution >= 4 is 8.32 Å². The Morgan fingerprint density at radius 1 is 1.00 bits per heavy atom. The van der Waals surface area contributed by atoms with Crippen molar-refractivity contribution in [3.63, 3.8) is 0 Å². The first-order valence-corrected chi connectivity index (χ1v) is 9.08. The van der Waals surface area contributed by atoms with Gasteiger partial charge >= 0.3 is 0 Å². The summed E-state index contributed by atoms with van der Waals surface area (Å²) in [5.74, 6) is 0. The Bertz CT molecular complexity index is 189. The van der Waals surface area contributed by atoms with E-state index >= 15 is 0 Å². The van der Waals surface area contributed by atoms with Crippen molar-refractivity contribution in [2.45, 2.75) is 76.1 Å². The van der Waals surface area contributed by atoms with Gasteiger partial charge in [0.2, 0.25) is 0 Å². The molecule has 1 nitrogen and oxygen atoms in total. The van der Waals surface area contributed by atoms with Crippen LogP contribution in [0.4, 0.5) is 0 Å². The molecule has 2 rings (SSSR count). The van der Waals surface area contributed by atoms with Crippen LogP contribution in [0.2, 0.25) is 18.1 Å². The lowest BCUT2D eigenvalue weighted by atomic mass is 10.0. The van der Waals surface area contributed by atoms with E-state index in [1.807, 2.05) is 0 Å². The highest BCUT2D eigenvalue weighted by molar-refractivity contribution is 6.74. The molecule has 82 valence electrons. The molecular formula is C12H24OSi. The first-order valence-electron chi connectivity index (χ1n) is 6.38. The summed E-state index contributed by atoms with van der Waals surface area (Å²) in [5.41, 5.74) is 0.985. The number of rotatable bonds is 1. The summed E-state index contributed by atoms with van der Waals surface area (Å²) in [6, 6.07) is 1.43. The van der Waals surface area contributed by atoms with E-state index in [4.69, 9.17) is 4.43 Å². The summed E-state index contributed by atoms with van der Waals surface area (Å²) in [6.45, 7) is 4.77. The zero-order chi connectivity index (χ0) is 10.0. The van der Waals surface area contributed by atoms with Crippen LogP contribution < -0.4 is 0 Å². The summed E-state index contributed by atoms with van der Waals surface area (Å²) in [6.07, 6.45) is 10.6. The molecule has 0 bridgehead atoms.